The fourth-order valence-corrected chi connectivity index (χ4v) is 2.95. The molecule has 20 heavy (non-hydrogen) atoms. The molecule has 1 aromatic heterocycles. The number of aromatic nitrogens is 2. The zero-order valence-corrected chi connectivity index (χ0v) is 12.7. The number of rotatable bonds is 5. The van der Waals surface area contributed by atoms with Gasteiger partial charge < -0.3 is 15.1 Å². The molecule has 2 heterocycles. The number of nitrogens with one attached hydrogen (secondary N) is 1. The average molecular weight is 275 g/mol. The van der Waals surface area contributed by atoms with Crippen LogP contribution in [-0.2, 0) is 6.54 Å². The van der Waals surface area contributed by atoms with Crippen molar-refractivity contribution in [3.8, 4) is 0 Å². The van der Waals surface area contributed by atoms with Crippen LogP contribution in [0.15, 0.2) is 12.4 Å². The highest BCUT2D eigenvalue weighted by Gasteiger charge is 2.31. The van der Waals surface area contributed by atoms with Crippen molar-refractivity contribution in [3.63, 3.8) is 0 Å². The largest absolute Gasteiger partial charge is 0.353 e. The van der Waals surface area contributed by atoms with Crippen LogP contribution in [0, 0.1) is 5.92 Å². The molecule has 1 aliphatic heterocycles. The Kier molecular flexibility index (Phi) is 3.89. The van der Waals surface area contributed by atoms with E-state index in [1.807, 2.05) is 12.4 Å². The normalized spacial score (nSPS) is 26.5. The van der Waals surface area contributed by atoms with Gasteiger partial charge in [-0.15, -0.1) is 0 Å². The van der Waals surface area contributed by atoms with Crippen molar-refractivity contribution in [2.45, 2.75) is 38.4 Å². The summed E-state index contributed by atoms with van der Waals surface area (Å²) in [7, 11) is 4.31. The Morgan fingerprint density at radius 3 is 2.60 bits per heavy atom. The van der Waals surface area contributed by atoms with Crippen LogP contribution in [0.5, 0.6) is 0 Å². The van der Waals surface area contributed by atoms with Crippen molar-refractivity contribution in [3.05, 3.63) is 18.1 Å². The molecule has 3 rings (SSSR count). The van der Waals surface area contributed by atoms with Crippen LogP contribution in [0.2, 0.25) is 0 Å². The Bertz CT molecular complexity index is 440. The summed E-state index contributed by atoms with van der Waals surface area (Å²) in [4.78, 5) is 13.8. The highest BCUT2D eigenvalue weighted by Crippen LogP contribution is 2.24. The molecule has 0 amide bonds. The second-order valence-electron chi connectivity index (χ2n) is 6.43. The van der Waals surface area contributed by atoms with E-state index in [-0.39, 0.29) is 0 Å². The van der Waals surface area contributed by atoms with Crippen LogP contribution >= 0.6 is 0 Å². The Balaban J connectivity index is 1.59. The summed E-state index contributed by atoms with van der Waals surface area (Å²) in [6.45, 7) is 5.26. The van der Waals surface area contributed by atoms with Gasteiger partial charge in [0.25, 0.3) is 0 Å². The molecule has 2 atom stereocenters. The highest BCUT2D eigenvalue weighted by atomic mass is 15.3. The van der Waals surface area contributed by atoms with Gasteiger partial charge in [0, 0.05) is 31.7 Å². The van der Waals surface area contributed by atoms with Crippen molar-refractivity contribution >= 4 is 5.82 Å². The van der Waals surface area contributed by atoms with Gasteiger partial charge in [0.15, 0.2) is 0 Å². The fraction of sp³-hybridized carbons (Fsp3) is 0.733. The molecule has 110 valence electrons. The van der Waals surface area contributed by atoms with Crippen LogP contribution in [0.1, 0.15) is 25.5 Å². The number of hydrogen-bond acceptors (Lipinski definition) is 5. The molecule has 1 N–H and O–H groups in total. The van der Waals surface area contributed by atoms with E-state index in [0.717, 1.165) is 37.2 Å². The van der Waals surface area contributed by atoms with Crippen molar-refractivity contribution in [2.24, 2.45) is 5.92 Å². The minimum atomic E-state index is 0.605. The van der Waals surface area contributed by atoms with E-state index in [9.17, 15) is 0 Å². The van der Waals surface area contributed by atoms with E-state index in [4.69, 9.17) is 0 Å². The van der Waals surface area contributed by atoms with Gasteiger partial charge in [0.05, 0.1) is 18.1 Å². The standard InChI is InChI=1S/C15H25N5/c1-11-9-20(10-14(11)19(2)3)15-8-17-13(7-18-15)6-16-12-4-5-12/h7-8,11-12,14,16H,4-6,9-10H2,1-3H3. The quantitative estimate of drug-likeness (QED) is 0.872. The molecule has 2 fully saturated rings. The first-order valence-corrected chi connectivity index (χ1v) is 7.59. The van der Waals surface area contributed by atoms with Crippen molar-refractivity contribution in [1.82, 2.24) is 20.2 Å². The summed E-state index contributed by atoms with van der Waals surface area (Å²) in [6, 6.07) is 1.32. The van der Waals surface area contributed by atoms with E-state index in [2.05, 4.69) is 46.1 Å². The number of nitrogens with zero attached hydrogens (tertiary/aromatic N) is 4. The van der Waals surface area contributed by atoms with E-state index < -0.39 is 0 Å². The third-order valence-electron chi connectivity index (χ3n) is 4.40. The van der Waals surface area contributed by atoms with E-state index in [1.54, 1.807) is 0 Å². The monoisotopic (exact) mass is 275 g/mol. The molecule has 0 bridgehead atoms. The van der Waals surface area contributed by atoms with Gasteiger partial charge in [-0.25, -0.2) is 4.98 Å². The molecular formula is C15H25N5. The molecule has 5 nitrogen and oxygen atoms in total. The first-order valence-electron chi connectivity index (χ1n) is 7.59. The molecule has 1 saturated carbocycles. The molecule has 2 aliphatic rings. The molecule has 2 unspecified atom stereocenters. The second kappa shape index (κ2) is 5.66. The zero-order chi connectivity index (χ0) is 14.1. The maximum absolute atomic E-state index is 4.59. The summed E-state index contributed by atoms with van der Waals surface area (Å²) in [5.74, 6) is 1.68. The summed E-state index contributed by atoms with van der Waals surface area (Å²) in [5, 5.41) is 3.47. The van der Waals surface area contributed by atoms with E-state index >= 15 is 0 Å². The first kappa shape index (κ1) is 13.8. The minimum Gasteiger partial charge on any atom is -0.353 e. The summed E-state index contributed by atoms with van der Waals surface area (Å²) >= 11 is 0. The molecule has 1 aliphatic carbocycles. The van der Waals surface area contributed by atoms with Crippen molar-refractivity contribution < 1.29 is 0 Å². The SMILES string of the molecule is CC1CN(c2cnc(CNC3CC3)cn2)CC1N(C)C. The molecule has 5 heteroatoms. The smallest absolute Gasteiger partial charge is 0.147 e. The van der Waals surface area contributed by atoms with Gasteiger partial charge >= 0.3 is 0 Å². The van der Waals surface area contributed by atoms with Crippen LogP contribution in [0.25, 0.3) is 0 Å². The summed E-state index contributed by atoms with van der Waals surface area (Å²) in [5.41, 5.74) is 1.04. The Morgan fingerprint density at radius 2 is 2.05 bits per heavy atom. The lowest BCUT2D eigenvalue weighted by Gasteiger charge is -2.22. The first-order chi connectivity index (χ1) is 9.63. The summed E-state index contributed by atoms with van der Waals surface area (Å²) in [6.07, 6.45) is 6.46. The number of likely N-dealkylation sites (N-methyl/N-ethyl adjacent to an activating group) is 1. The zero-order valence-electron chi connectivity index (χ0n) is 12.7. The lowest BCUT2D eigenvalue weighted by molar-refractivity contribution is 0.266. The lowest BCUT2D eigenvalue weighted by atomic mass is 10.1. The molecule has 0 spiro atoms. The van der Waals surface area contributed by atoms with E-state index in [0.29, 0.717) is 12.0 Å². The Morgan fingerprint density at radius 1 is 1.25 bits per heavy atom. The number of hydrogen-bond donors (Lipinski definition) is 1. The van der Waals surface area contributed by atoms with Crippen molar-refractivity contribution in [2.75, 3.05) is 32.1 Å². The van der Waals surface area contributed by atoms with E-state index in [1.165, 1.54) is 12.8 Å². The van der Waals surface area contributed by atoms with Crippen LogP contribution in [-0.4, -0.2) is 54.1 Å². The third kappa shape index (κ3) is 3.10. The Hall–Kier alpha value is -1.20. The molecule has 1 saturated heterocycles. The molecule has 1 aromatic rings. The van der Waals surface area contributed by atoms with Gasteiger partial charge in [-0.3, -0.25) is 4.98 Å². The predicted octanol–water partition coefficient (Wildman–Crippen LogP) is 1.11. The van der Waals surface area contributed by atoms with Crippen LogP contribution < -0.4 is 10.2 Å². The van der Waals surface area contributed by atoms with Crippen LogP contribution in [0.4, 0.5) is 5.82 Å². The average Bonchev–Trinajstić information content (AvgIpc) is 3.18. The maximum atomic E-state index is 4.59. The van der Waals surface area contributed by atoms with Crippen LogP contribution in [0.3, 0.4) is 0 Å². The molecular weight excluding hydrogens is 250 g/mol. The Labute approximate surface area is 121 Å². The van der Waals surface area contributed by atoms with Gasteiger partial charge in [-0.1, -0.05) is 6.92 Å². The predicted molar refractivity (Wildman–Crippen MR) is 80.7 cm³/mol. The van der Waals surface area contributed by atoms with Crippen molar-refractivity contribution in [1.29, 1.82) is 0 Å². The lowest BCUT2D eigenvalue weighted by Crippen LogP contribution is -2.34. The highest BCUT2D eigenvalue weighted by molar-refractivity contribution is 5.38. The van der Waals surface area contributed by atoms with Gasteiger partial charge in [0.2, 0.25) is 0 Å². The van der Waals surface area contributed by atoms with Gasteiger partial charge in [-0.05, 0) is 32.9 Å². The topological polar surface area (TPSA) is 44.3 Å². The fourth-order valence-electron chi connectivity index (χ4n) is 2.95. The summed E-state index contributed by atoms with van der Waals surface area (Å²) < 4.78 is 0. The number of anilines is 1. The maximum Gasteiger partial charge on any atom is 0.147 e. The second-order valence-corrected chi connectivity index (χ2v) is 6.43. The molecule has 0 aromatic carbocycles. The minimum absolute atomic E-state index is 0.605. The third-order valence-corrected chi connectivity index (χ3v) is 4.40. The molecule has 0 radical (unpaired) electrons. The van der Waals surface area contributed by atoms with Gasteiger partial charge in [0.1, 0.15) is 5.82 Å². The van der Waals surface area contributed by atoms with Gasteiger partial charge in [-0.2, -0.15) is 0 Å².